The van der Waals surface area contributed by atoms with E-state index >= 15 is 0 Å². The van der Waals surface area contributed by atoms with E-state index in [9.17, 15) is 13.2 Å². The molecule has 0 saturated carbocycles. The van der Waals surface area contributed by atoms with E-state index in [2.05, 4.69) is 41.5 Å². The molecule has 1 aliphatic rings. The molecule has 1 aliphatic heterocycles. The maximum Gasteiger partial charge on any atom is 0.257 e. The van der Waals surface area contributed by atoms with E-state index in [-0.39, 0.29) is 36.4 Å². The van der Waals surface area contributed by atoms with Gasteiger partial charge in [-0.15, -0.1) is 11.3 Å². The first-order valence-corrected chi connectivity index (χ1v) is 17.1. The molecule has 0 bridgehead atoms. The van der Waals surface area contributed by atoms with Crippen LogP contribution in [-0.2, 0) is 10.0 Å². The van der Waals surface area contributed by atoms with Gasteiger partial charge in [0.25, 0.3) is 5.91 Å². The Labute approximate surface area is 267 Å². The molecular weight excluding hydrogens is 607 g/mol. The molecule has 11 heteroatoms. The number of piperazine rings is 1. The van der Waals surface area contributed by atoms with E-state index in [0.717, 1.165) is 28.1 Å². The van der Waals surface area contributed by atoms with Crippen LogP contribution in [0.4, 0.5) is 0 Å². The number of amides is 1. The summed E-state index contributed by atoms with van der Waals surface area (Å²) in [7, 11) is -2.19. The maximum atomic E-state index is 13.9. The van der Waals surface area contributed by atoms with Crippen LogP contribution in [0.1, 0.15) is 42.7 Å². The second-order valence-electron chi connectivity index (χ2n) is 11.4. The molecule has 9 nitrogen and oxygen atoms in total. The molecule has 3 aromatic carbocycles. The zero-order valence-corrected chi connectivity index (χ0v) is 27.3. The van der Waals surface area contributed by atoms with Gasteiger partial charge < -0.3 is 9.64 Å². The summed E-state index contributed by atoms with van der Waals surface area (Å²) < 4.78 is 35.2. The van der Waals surface area contributed by atoms with Crippen molar-refractivity contribution in [2.75, 3.05) is 26.7 Å². The molecular formula is C34H35N5O4S2. The van der Waals surface area contributed by atoms with Gasteiger partial charge in [-0.25, -0.2) is 18.1 Å². The number of aromatic nitrogens is 3. The van der Waals surface area contributed by atoms with Crippen LogP contribution in [0.5, 0.6) is 5.75 Å². The average Bonchev–Trinajstić information content (AvgIpc) is 3.73. The molecule has 1 atom stereocenters. The quantitative estimate of drug-likeness (QED) is 0.197. The van der Waals surface area contributed by atoms with Crippen LogP contribution in [0.15, 0.2) is 95.3 Å². The number of ether oxygens (including phenoxy) is 1. The standard InChI is InChI=1S/C34H35N5O4S2/c1-23(2)32-30(33(40)37-18-19-38(24(3)21-37)45(41,42)29-16-14-28(43-4)15-17-29)20-35-39(32)34-36-31(22-44-34)27-12-10-26(11-13-27)25-8-6-5-7-9-25/h5-17,20,22-24H,18-19,21H2,1-4H3. The van der Waals surface area contributed by atoms with Gasteiger partial charge >= 0.3 is 0 Å². The highest BCUT2D eigenvalue weighted by atomic mass is 32.2. The summed E-state index contributed by atoms with van der Waals surface area (Å²) >= 11 is 1.48. The van der Waals surface area contributed by atoms with Crippen LogP contribution in [-0.4, -0.2) is 71.1 Å². The number of hydrogen-bond acceptors (Lipinski definition) is 7. The van der Waals surface area contributed by atoms with E-state index < -0.39 is 16.1 Å². The van der Waals surface area contributed by atoms with Gasteiger partial charge in [-0.2, -0.15) is 9.40 Å². The Bertz CT molecular complexity index is 1900. The largest absolute Gasteiger partial charge is 0.497 e. The molecule has 0 N–H and O–H groups in total. The van der Waals surface area contributed by atoms with Crippen LogP contribution in [0.2, 0.25) is 0 Å². The van der Waals surface area contributed by atoms with Gasteiger partial charge in [0, 0.05) is 36.6 Å². The van der Waals surface area contributed by atoms with Crippen molar-refractivity contribution in [1.29, 1.82) is 0 Å². The molecule has 1 saturated heterocycles. The Balaban J connectivity index is 1.19. The molecule has 0 radical (unpaired) electrons. The van der Waals surface area contributed by atoms with Crippen LogP contribution in [0, 0.1) is 0 Å². The highest BCUT2D eigenvalue weighted by Gasteiger charge is 2.36. The molecule has 6 rings (SSSR count). The lowest BCUT2D eigenvalue weighted by Gasteiger charge is -2.39. The van der Waals surface area contributed by atoms with Gasteiger partial charge in [-0.3, -0.25) is 4.79 Å². The number of thiazole rings is 1. The molecule has 45 heavy (non-hydrogen) atoms. The normalized spacial score (nSPS) is 15.8. The van der Waals surface area contributed by atoms with Crippen molar-refractivity contribution >= 4 is 27.3 Å². The Kier molecular flexibility index (Phi) is 8.59. The molecule has 232 valence electrons. The summed E-state index contributed by atoms with van der Waals surface area (Å²) in [6, 6.07) is 24.5. The Morgan fingerprint density at radius 2 is 1.60 bits per heavy atom. The fourth-order valence-corrected chi connectivity index (χ4v) is 8.14. The van der Waals surface area contributed by atoms with Crippen molar-refractivity contribution in [2.45, 2.75) is 37.6 Å². The van der Waals surface area contributed by atoms with Gasteiger partial charge in [-0.05, 0) is 48.2 Å². The number of rotatable bonds is 8. The molecule has 1 unspecified atom stereocenters. The van der Waals surface area contributed by atoms with Gasteiger partial charge in [0.2, 0.25) is 15.2 Å². The summed E-state index contributed by atoms with van der Waals surface area (Å²) in [5.74, 6) is 0.426. The third-order valence-electron chi connectivity index (χ3n) is 8.06. The van der Waals surface area contributed by atoms with Gasteiger partial charge in [-0.1, -0.05) is 68.4 Å². The van der Waals surface area contributed by atoms with Crippen LogP contribution in [0.25, 0.3) is 27.5 Å². The minimum atomic E-state index is -3.72. The minimum Gasteiger partial charge on any atom is -0.497 e. The second-order valence-corrected chi connectivity index (χ2v) is 14.1. The van der Waals surface area contributed by atoms with E-state index in [0.29, 0.717) is 16.4 Å². The molecule has 5 aromatic rings. The highest BCUT2D eigenvalue weighted by molar-refractivity contribution is 7.89. The molecule has 3 heterocycles. The number of carbonyl (C=O) groups excluding carboxylic acids is 1. The second kappa shape index (κ2) is 12.6. The number of sulfonamides is 1. The van der Waals surface area contributed by atoms with Gasteiger partial charge in [0.15, 0.2) is 0 Å². The molecule has 1 fully saturated rings. The van der Waals surface area contributed by atoms with Crippen LogP contribution in [0.3, 0.4) is 0 Å². The lowest BCUT2D eigenvalue weighted by Crippen LogP contribution is -2.55. The minimum absolute atomic E-state index is 0.00174. The smallest absolute Gasteiger partial charge is 0.257 e. The highest BCUT2D eigenvalue weighted by Crippen LogP contribution is 2.31. The first-order valence-electron chi connectivity index (χ1n) is 14.8. The zero-order chi connectivity index (χ0) is 31.7. The van der Waals surface area contributed by atoms with Crippen molar-refractivity contribution in [2.24, 2.45) is 0 Å². The number of benzene rings is 3. The first-order chi connectivity index (χ1) is 21.7. The summed E-state index contributed by atoms with van der Waals surface area (Å²) in [6.45, 7) is 6.65. The molecule has 0 aliphatic carbocycles. The predicted molar refractivity (Wildman–Crippen MR) is 176 cm³/mol. The van der Waals surface area contributed by atoms with E-state index in [1.807, 2.05) is 44.4 Å². The van der Waals surface area contributed by atoms with E-state index in [1.165, 1.54) is 22.8 Å². The van der Waals surface area contributed by atoms with Crippen molar-refractivity contribution in [3.8, 4) is 33.3 Å². The SMILES string of the molecule is COc1ccc(S(=O)(=O)N2CCN(C(=O)c3cnn(-c4nc(-c5ccc(-c6ccccc6)cc5)cs4)c3C(C)C)CC2C)cc1. The number of carbonyl (C=O) groups is 1. The fraction of sp³-hybridized carbons (Fsp3) is 0.265. The van der Waals surface area contributed by atoms with Crippen molar-refractivity contribution < 1.29 is 17.9 Å². The summed E-state index contributed by atoms with van der Waals surface area (Å²) in [5, 5.41) is 7.30. The maximum absolute atomic E-state index is 13.9. The third kappa shape index (κ3) is 6.03. The van der Waals surface area contributed by atoms with Gasteiger partial charge in [0.1, 0.15) is 5.75 Å². The van der Waals surface area contributed by atoms with Crippen LogP contribution < -0.4 is 4.74 Å². The number of nitrogens with zero attached hydrogens (tertiary/aromatic N) is 5. The lowest BCUT2D eigenvalue weighted by molar-refractivity contribution is 0.0640. The number of hydrogen-bond donors (Lipinski definition) is 0. The first kappa shape index (κ1) is 30.7. The number of methoxy groups -OCH3 is 1. The lowest BCUT2D eigenvalue weighted by atomic mass is 10.0. The fourth-order valence-electron chi connectivity index (χ4n) is 5.72. The zero-order valence-electron chi connectivity index (χ0n) is 25.6. The summed E-state index contributed by atoms with van der Waals surface area (Å²) in [5.41, 5.74) is 5.43. The van der Waals surface area contributed by atoms with Crippen molar-refractivity contribution in [3.63, 3.8) is 0 Å². The van der Waals surface area contributed by atoms with Gasteiger partial charge in [0.05, 0.1) is 35.2 Å². The van der Waals surface area contributed by atoms with Crippen molar-refractivity contribution in [3.05, 3.63) is 102 Å². The average molecular weight is 642 g/mol. The Morgan fingerprint density at radius 1 is 0.933 bits per heavy atom. The molecule has 2 aromatic heterocycles. The van der Waals surface area contributed by atoms with Crippen LogP contribution >= 0.6 is 11.3 Å². The molecule has 1 amide bonds. The van der Waals surface area contributed by atoms with E-state index in [1.54, 1.807) is 40.0 Å². The Hall–Kier alpha value is -4.32. The topological polar surface area (TPSA) is 97.6 Å². The summed E-state index contributed by atoms with van der Waals surface area (Å²) in [4.78, 5) is 20.7. The predicted octanol–water partition coefficient (Wildman–Crippen LogP) is 6.33. The summed E-state index contributed by atoms with van der Waals surface area (Å²) in [6.07, 6.45) is 1.61. The van der Waals surface area contributed by atoms with E-state index in [4.69, 9.17) is 9.72 Å². The monoisotopic (exact) mass is 641 g/mol. The van der Waals surface area contributed by atoms with Crippen molar-refractivity contribution in [1.82, 2.24) is 24.0 Å². The molecule has 0 spiro atoms. The third-order valence-corrected chi connectivity index (χ3v) is 10.9. The Morgan fingerprint density at radius 3 is 2.24 bits per heavy atom.